The van der Waals surface area contributed by atoms with Gasteiger partial charge in [0.15, 0.2) is 0 Å². The lowest BCUT2D eigenvalue weighted by Crippen LogP contribution is -2.43. The average molecular weight is 347 g/mol. The summed E-state index contributed by atoms with van der Waals surface area (Å²) in [6, 6.07) is 7.29. The van der Waals surface area contributed by atoms with Gasteiger partial charge in [0.1, 0.15) is 5.82 Å². The number of carbonyl (C=O) groups is 1. The van der Waals surface area contributed by atoms with Crippen LogP contribution in [-0.4, -0.2) is 28.0 Å². The summed E-state index contributed by atoms with van der Waals surface area (Å²) in [4.78, 5) is 16.7. The fourth-order valence-electron chi connectivity index (χ4n) is 3.09. The number of amides is 1. The van der Waals surface area contributed by atoms with Crippen molar-refractivity contribution in [1.82, 2.24) is 20.2 Å². The molecule has 1 aromatic heterocycles. The third-order valence-electron chi connectivity index (χ3n) is 4.54. The van der Waals surface area contributed by atoms with Gasteiger partial charge in [-0.3, -0.25) is 4.79 Å². The highest BCUT2D eigenvalue weighted by atomic mass is 35.5. The molecule has 0 fully saturated rings. The van der Waals surface area contributed by atoms with Gasteiger partial charge in [-0.2, -0.15) is 0 Å². The first-order chi connectivity index (χ1) is 11.6. The summed E-state index contributed by atoms with van der Waals surface area (Å²) >= 11 is 6.11. The van der Waals surface area contributed by atoms with Gasteiger partial charge in [-0.1, -0.05) is 29.8 Å². The van der Waals surface area contributed by atoms with Gasteiger partial charge in [0, 0.05) is 43.0 Å². The number of halogens is 1. The third-order valence-corrected chi connectivity index (χ3v) is 4.91. The Balaban J connectivity index is 1.48. The van der Waals surface area contributed by atoms with Crippen LogP contribution in [0.3, 0.4) is 0 Å². The summed E-state index contributed by atoms with van der Waals surface area (Å²) in [5.74, 6) is 1.47. The number of fused-ring (bicyclic) bond motifs is 1. The smallest absolute Gasteiger partial charge is 0.237 e. The van der Waals surface area contributed by atoms with Gasteiger partial charge in [-0.05, 0) is 31.4 Å². The molecule has 2 heterocycles. The Morgan fingerprint density at radius 1 is 1.46 bits per heavy atom. The molecule has 0 saturated heterocycles. The van der Waals surface area contributed by atoms with E-state index in [1.165, 1.54) is 0 Å². The van der Waals surface area contributed by atoms with Crippen LogP contribution in [0.2, 0.25) is 5.02 Å². The van der Waals surface area contributed by atoms with Crippen LogP contribution in [0.5, 0.6) is 0 Å². The van der Waals surface area contributed by atoms with Gasteiger partial charge in [0.25, 0.3) is 0 Å². The van der Waals surface area contributed by atoms with Crippen molar-refractivity contribution in [2.45, 2.75) is 44.8 Å². The molecule has 0 aliphatic carbocycles. The number of nitrogens with zero attached hydrogens (tertiary/aromatic N) is 2. The van der Waals surface area contributed by atoms with Gasteiger partial charge >= 0.3 is 0 Å². The fraction of sp³-hybridized carbons (Fsp3) is 0.444. The molecule has 24 heavy (non-hydrogen) atoms. The van der Waals surface area contributed by atoms with Crippen molar-refractivity contribution in [3.05, 3.63) is 53.1 Å². The third kappa shape index (κ3) is 3.97. The van der Waals surface area contributed by atoms with Crippen molar-refractivity contribution in [3.8, 4) is 0 Å². The first kappa shape index (κ1) is 17.0. The average Bonchev–Trinajstić information content (AvgIpc) is 3.08. The number of aryl methyl sites for hydroxylation is 1. The predicted molar refractivity (Wildman–Crippen MR) is 95.0 cm³/mol. The molecular formula is C18H23ClN4O. The summed E-state index contributed by atoms with van der Waals surface area (Å²) in [5.41, 5.74) is 0.925. The molecule has 2 atom stereocenters. The van der Waals surface area contributed by atoms with Crippen LogP contribution in [-0.2, 0) is 17.9 Å². The molecule has 0 bridgehead atoms. The standard InChI is InChI=1S/C18H23ClN4O/c1-13(18(24)22-11-14-5-2-3-7-16(14)19)21-12-15-6-4-9-23-10-8-20-17(15)23/h2-3,5,7-8,10,13,15,21H,4,6,9,11-12H2,1H3,(H,22,24)/t13-,15+/m0/s1. The number of aromatic nitrogens is 2. The minimum atomic E-state index is -0.252. The Hall–Kier alpha value is -1.85. The van der Waals surface area contributed by atoms with Crippen LogP contribution in [0.15, 0.2) is 36.7 Å². The summed E-state index contributed by atoms with van der Waals surface area (Å²) in [5, 5.41) is 6.94. The zero-order chi connectivity index (χ0) is 16.9. The molecule has 1 aliphatic heterocycles. The molecule has 0 spiro atoms. The molecule has 5 nitrogen and oxygen atoms in total. The lowest BCUT2D eigenvalue weighted by molar-refractivity contribution is -0.122. The molecule has 0 unspecified atom stereocenters. The molecule has 6 heteroatoms. The molecule has 1 amide bonds. The Labute approximate surface area is 147 Å². The van der Waals surface area contributed by atoms with E-state index in [0.29, 0.717) is 17.5 Å². The van der Waals surface area contributed by atoms with Crippen molar-refractivity contribution in [2.75, 3.05) is 6.54 Å². The van der Waals surface area contributed by atoms with E-state index >= 15 is 0 Å². The number of hydrogen-bond donors (Lipinski definition) is 2. The second-order valence-corrected chi connectivity index (χ2v) is 6.66. The van der Waals surface area contributed by atoms with Crippen molar-refractivity contribution >= 4 is 17.5 Å². The number of carbonyl (C=O) groups excluding carboxylic acids is 1. The molecule has 1 aliphatic rings. The zero-order valence-corrected chi connectivity index (χ0v) is 14.6. The maximum Gasteiger partial charge on any atom is 0.237 e. The Morgan fingerprint density at radius 2 is 2.29 bits per heavy atom. The second-order valence-electron chi connectivity index (χ2n) is 6.26. The van der Waals surface area contributed by atoms with Crippen molar-refractivity contribution in [1.29, 1.82) is 0 Å². The highest BCUT2D eigenvalue weighted by Crippen LogP contribution is 2.24. The number of benzene rings is 1. The highest BCUT2D eigenvalue weighted by molar-refractivity contribution is 6.31. The monoisotopic (exact) mass is 346 g/mol. The number of hydrogen-bond acceptors (Lipinski definition) is 3. The van der Waals surface area contributed by atoms with Crippen LogP contribution >= 0.6 is 11.6 Å². The normalized spacial score (nSPS) is 18.0. The van der Waals surface area contributed by atoms with Crippen molar-refractivity contribution in [2.24, 2.45) is 0 Å². The minimum Gasteiger partial charge on any atom is -0.351 e. The largest absolute Gasteiger partial charge is 0.351 e. The predicted octanol–water partition coefficient (Wildman–Crippen LogP) is 2.71. The van der Waals surface area contributed by atoms with Gasteiger partial charge in [0.2, 0.25) is 5.91 Å². The summed E-state index contributed by atoms with van der Waals surface area (Å²) in [6.45, 7) is 4.13. The minimum absolute atomic E-state index is 0.0194. The van der Waals surface area contributed by atoms with E-state index in [1.807, 2.05) is 43.6 Å². The lowest BCUT2D eigenvalue weighted by Gasteiger charge is -2.25. The number of imidazole rings is 1. The Kier molecular flexibility index (Phi) is 5.53. The van der Waals surface area contributed by atoms with Gasteiger partial charge < -0.3 is 15.2 Å². The zero-order valence-electron chi connectivity index (χ0n) is 13.8. The lowest BCUT2D eigenvalue weighted by atomic mass is 9.98. The molecule has 2 N–H and O–H groups in total. The molecule has 3 rings (SSSR count). The van der Waals surface area contributed by atoms with E-state index in [9.17, 15) is 4.79 Å². The van der Waals surface area contributed by atoms with Crippen LogP contribution in [0.25, 0.3) is 0 Å². The van der Waals surface area contributed by atoms with Gasteiger partial charge in [-0.15, -0.1) is 0 Å². The van der Waals surface area contributed by atoms with E-state index in [2.05, 4.69) is 20.2 Å². The Morgan fingerprint density at radius 3 is 3.12 bits per heavy atom. The molecule has 128 valence electrons. The van der Waals surface area contributed by atoms with Gasteiger partial charge in [0.05, 0.1) is 6.04 Å². The molecule has 0 saturated carbocycles. The SMILES string of the molecule is C[C@H](NC[C@H]1CCCn2ccnc21)C(=O)NCc1ccccc1Cl. The molecule has 0 radical (unpaired) electrons. The number of nitrogens with one attached hydrogen (secondary N) is 2. The Bertz CT molecular complexity index is 700. The van der Waals surface area contributed by atoms with Crippen LogP contribution in [0.4, 0.5) is 0 Å². The summed E-state index contributed by atoms with van der Waals surface area (Å²) in [7, 11) is 0. The fourth-order valence-corrected chi connectivity index (χ4v) is 3.29. The van der Waals surface area contributed by atoms with Crippen LogP contribution in [0, 0.1) is 0 Å². The number of rotatable bonds is 6. The van der Waals surface area contributed by atoms with Crippen LogP contribution in [0.1, 0.15) is 37.1 Å². The molecular weight excluding hydrogens is 324 g/mol. The highest BCUT2D eigenvalue weighted by Gasteiger charge is 2.22. The van der Waals surface area contributed by atoms with E-state index in [1.54, 1.807) is 0 Å². The summed E-state index contributed by atoms with van der Waals surface area (Å²) in [6.07, 6.45) is 6.15. The first-order valence-corrected chi connectivity index (χ1v) is 8.78. The van der Waals surface area contributed by atoms with E-state index in [0.717, 1.165) is 37.3 Å². The quantitative estimate of drug-likeness (QED) is 0.845. The second kappa shape index (κ2) is 7.81. The van der Waals surface area contributed by atoms with Crippen molar-refractivity contribution < 1.29 is 4.79 Å². The van der Waals surface area contributed by atoms with Crippen LogP contribution < -0.4 is 10.6 Å². The summed E-state index contributed by atoms with van der Waals surface area (Å²) < 4.78 is 2.21. The topological polar surface area (TPSA) is 59.0 Å². The first-order valence-electron chi connectivity index (χ1n) is 8.40. The molecule has 2 aromatic rings. The maximum atomic E-state index is 12.3. The van der Waals surface area contributed by atoms with Gasteiger partial charge in [-0.25, -0.2) is 4.98 Å². The van der Waals surface area contributed by atoms with E-state index < -0.39 is 0 Å². The van der Waals surface area contributed by atoms with Crippen molar-refractivity contribution in [3.63, 3.8) is 0 Å². The molecule has 1 aromatic carbocycles. The van der Waals surface area contributed by atoms with E-state index in [-0.39, 0.29) is 11.9 Å². The van der Waals surface area contributed by atoms with E-state index in [4.69, 9.17) is 11.6 Å². The maximum absolute atomic E-state index is 12.3.